The van der Waals surface area contributed by atoms with Gasteiger partial charge in [-0.15, -0.1) is 10.2 Å². The molecule has 1 aromatic carbocycles. The summed E-state index contributed by atoms with van der Waals surface area (Å²) in [6.07, 6.45) is 2.61. The van der Waals surface area contributed by atoms with Crippen molar-refractivity contribution in [3.63, 3.8) is 0 Å². The normalized spacial score (nSPS) is 14.0. The zero-order chi connectivity index (χ0) is 18.4. The second kappa shape index (κ2) is 9.38. The number of thioether (sulfide) groups is 2. The lowest BCUT2D eigenvalue weighted by molar-refractivity contribution is -0.117. The van der Waals surface area contributed by atoms with Gasteiger partial charge in [0, 0.05) is 30.1 Å². The van der Waals surface area contributed by atoms with Crippen LogP contribution in [0.3, 0.4) is 0 Å². The van der Waals surface area contributed by atoms with E-state index < -0.39 is 0 Å². The fourth-order valence-electron chi connectivity index (χ4n) is 2.47. The maximum Gasteiger partial charge on any atom is 0.234 e. The number of benzene rings is 1. The predicted molar refractivity (Wildman–Crippen MR) is 108 cm³/mol. The first kappa shape index (κ1) is 19.2. The number of nitrogens with one attached hydrogen (secondary N) is 1. The molecule has 3 rings (SSSR count). The monoisotopic (exact) mass is 408 g/mol. The molecule has 0 radical (unpaired) electrons. The molecule has 6 nitrogen and oxygen atoms in total. The van der Waals surface area contributed by atoms with Crippen LogP contribution in [-0.2, 0) is 9.59 Å². The van der Waals surface area contributed by atoms with Crippen molar-refractivity contribution in [2.24, 2.45) is 0 Å². The van der Waals surface area contributed by atoms with E-state index in [4.69, 9.17) is 0 Å². The Morgan fingerprint density at radius 3 is 2.62 bits per heavy atom. The van der Waals surface area contributed by atoms with Crippen LogP contribution in [0, 0.1) is 0 Å². The molecule has 1 aliphatic rings. The molecule has 2 heterocycles. The Morgan fingerprint density at radius 1 is 1.23 bits per heavy atom. The second-order valence-corrected chi connectivity index (χ2v) is 9.26. The highest BCUT2D eigenvalue weighted by Crippen LogP contribution is 2.29. The fourth-order valence-corrected chi connectivity index (χ4v) is 5.22. The van der Waals surface area contributed by atoms with Gasteiger partial charge in [0.1, 0.15) is 0 Å². The Bertz CT molecular complexity index is 764. The number of carbonyl (C=O) groups excluding carboxylic acids is 2. The topological polar surface area (TPSA) is 75.2 Å². The maximum absolute atomic E-state index is 12.1. The molecule has 26 heavy (non-hydrogen) atoms. The van der Waals surface area contributed by atoms with Crippen molar-refractivity contribution in [2.45, 2.75) is 34.9 Å². The van der Waals surface area contributed by atoms with E-state index >= 15 is 0 Å². The van der Waals surface area contributed by atoms with Crippen LogP contribution in [0.2, 0.25) is 0 Å². The van der Waals surface area contributed by atoms with E-state index in [1.165, 1.54) is 23.1 Å². The Balaban J connectivity index is 1.47. The highest BCUT2D eigenvalue weighted by Gasteiger charge is 2.21. The van der Waals surface area contributed by atoms with Crippen LogP contribution >= 0.6 is 34.9 Å². The van der Waals surface area contributed by atoms with Crippen LogP contribution in [0.4, 0.5) is 11.4 Å². The van der Waals surface area contributed by atoms with Gasteiger partial charge in [-0.05, 0) is 37.1 Å². The van der Waals surface area contributed by atoms with Gasteiger partial charge in [-0.2, -0.15) is 0 Å². The smallest absolute Gasteiger partial charge is 0.234 e. The van der Waals surface area contributed by atoms with Crippen molar-refractivity contribution in [1.82, 2.24) is 10.2 Å². The Morgan fingerprint density at radius 2 is 1.96 bits per heavy atom. The third kappa shape index (κ3) is 5.21. The minimum Gasteiger partial charge on any atom is -0.325 e. The first-order valence-corrected chi connectivity index (χ1v) is 11.2. The Kier molecular flexibility index (Phi) is 6.93. The van der Waals surface area contributed by atoms with Crippen LogP contribution in [0.1, 0.15) is 26.2 Å². The molecule has 0 unspecified atom stereocenters. The number of anilines is 2. The Hall–Kier alpha value is -1.58. The average Bonchev–Trinajstić information content (AvgIpc) is 3.28. The molecular formula is C17H20N4O2S3. The highest BCUT2D eigenvalue weighted by molar-refractivity contribution is 8.03. The molecule has 0 atom stereocenters. The third-order valence-corrected chi connectivity index (χ3v) is 7.08. The minimum absolute atomic E-state index is 0.0852. The molecule has 1 aliphatic heterocycles. The molecule has 1 saturated heterocycles. The summed E-state index contributed by atoms with van der Waals surface area (Å²) in [6, 6.07) is 7.39. The molecule has 1 fully saturated rings. The summed E-state index contributed by atoms with van der Waals surface area (Å²) in [5.41, 5.74) is 1.60. The molecule has 0 bridgehead atoms. The summed E-state index contributed by atoms with van der Waals surface area (Å²) in [4.78, 5) is 25.7. The molecule has 0 spiro atoms. The van der Waals surface area contributed by atoms with Crippen LogP contribution in [-0.4, -0.2) is 40.1 Å². The van der Waals surface area contributed by atoms with Crippen LogP contribution in [0.15, 0.2) is 32.9 Å². The van der Waals surface area contributed by atoms with Gasteiger partial charge in [0.2, 0.25) is 11.8 Å². The zero-order valence-electron chi connectivity index (χ0n) is 14.4. The van der Waals surface area contributed by atoms with Gasteiger partial charge in [-0.1, -0.05) is 41.8 Å². The van der Waals surface area contributed by atoms with E-state index in [1.54, 1.807) is 16.7 Å². The van der Waals surface area contributed by atoms with E-state index in [1.807, 2.05) is 24.3 Å². The lowest BCUT2D eigenvalue weighted by Gasteiger charge is -2.16. The van der Waals surface area contributed by atoms with Gasteiger partial charge in [-0.3, -0.25) is 9.59 Å². The summed E-state index contributed by atoms with van der Waals surface area (Å²) in [5.74, 6) is 1.39. The fraction of sp³-hybridized carbons (Fsp3) is 0.412. The quantitative estimate of drug-likeness (QED) is 0.668. The summed E-state index contributed by atoms with van der Waals surface area (Å²) < 4.78 is 1.75. The van der Waals surface area contributed by atoms with Crippen molar-refractivity contribution in [1.29, 1.82) is 0 Å². The maximum atomic E-state index is 12.1. The van der Waals surface area contributed by atoms with Gasteiger partial charge >= 0.3 is 0 Å². The first-order valence-electron chi connectivity index (χ1n) is 8.45. The SMILES string of the molecule is CCCSc1nnc(SCC(=O)Nc2ccc(N3CCCC3=O)cc2)s1. The predicted octanol–water partition coefficient (Wildman–Crippen LogP) is 3.90. The van der Waals surface area contributed by atoms with E-state index in [0.717, 1.165) is 45.2 Å². The van der Waals surface area contributed by atoms with Crippen LogP contribution in [0.5, 0.6) is 0 Å². The van der Waals surface area contributed by atoms with Crippen molar-refractivity contribution in [3.8, 4) is 0 Å². The van der Waals surface area contributed by atoms with E-state index in [2.05, 4.69) is 22.4 Å². The molecule has 2 aromatic rings. The van der Waals surface area contributed by atoms with E-state index in [0.29, 0.717) is 12.2 Å². The van der Waals surface area contributed by atoms with Crippen molar-refractivity contribution in [2.75, 3.05) is 28.3 Å². The molecule has 0 aliphatic carbocycles. The number of hydrogen-bond acceptors (Lipinski definition) is 7. The highest BCUT2D eigenvalue weighted by atomic mass is 32.2. The average molecular weight is 409 g/mol. The van der Waals surface area contributed by atoms with E-state index in [9.17, 15) is 9.59 Å². The van der Waals surface area contributed by atoms with Crippen molar-refractivity contribution in [3.05, 3.63) is 24.3 Å². The summed E-state index contributed by atoms with van der Waals surface area (Å²) in [7, 11) is 0. The molecule has 2 amide bonds. The van der Waals surface area contributed by atoms with Crippen LogP contribution in [0.25, 0.3) is 0 Å². The van der Waals surface area contributed by atoms with Crippen molar-refractivity contribution < 1.29 is 9.59 Å². The molecule has 1 N–H and O–H groups in total. The number of rotatable bonds is 8. The van der Waals surface area contributed by atoms with Gasteiger partial charge < -0.3 is 10.2 Å². The first-order chi connectivity index (χ1) is 12.7. The van der Waals surface area contributed by atoms with Gasteiger partial charge in [0.05, 0.1) is 5.75 Å². The molecular weight excluding hydrogens is 388 g/mol. The number of hydrogen-bond donors (Lipinski definition) is 1. The summed E-state index contributed by atoms with van der Waals surface area (Å²) in [6.45, 7) is 2.89. The molecule has 9 heteroatoms. The largest absolute Gasteiger partial charge is 0.325 e. The number of carbonyl (C=O) groups is 2. The van der Waals surface area contributed by atoms with E-state index in [-0.39, 0.29) is 11.8 Å². The summed E-state index contributed by atoms with van der Waals surface area (Å²) in [5, 5.41) is 11.1. The van der Waals surface area contributed by atoms with Crippen molar-refractivity contribution >= 4 is 58.0 Å². The van der Waals surface area contributed by atoms with Gasteiger partial charge in [-0.25, -0.2) is 0 Å². The lowest BCUT2D eigenvalue weighted by Crippen LogP contribution is -2.23. The molecule has 0 saturated carbocycles. The number of aromatic nitrogens is 2. The minimum atomic E-state index is -0.0852. The molecule has 1 aromatic heterocycles. The summed E-state index contributed by atoms with van der Waals surface area (Å²) >= 11 is 4.61. The van der Waals surface area contributed by atoms with Gasteiger partial charge in [0.25, 0.3) is 0 Å². The second-order valence-electron chi connectivity index (χ2n) is 5.71. The standard InChI is InChI=1S/C17H20N4O2S3/c1-2-10-24-16-19-20-17(26-16)25-11-14(22)18-12-5-7-13(8-6-12)21-9-3-4-15(21)23/h5-8H,2-4,9-11H2,1H3,(H,18,22). The zero-order valence-corrected chi connectivity index (χ0v) is 16.9. The molecule has 138 valence electrons. The number of amides is 2. The van der Waals surface area contributed by atoms with Crippen LogP contribution < -0.4 is 10.2 Å². The number of nitrogens with zero attached hydrogens (tertiary/aromatic N) is 3. The van der Waals surface area contributed by atoms with Gasteiger partial charge in [0.15, 0.2) is 8.68 Å². The third-order valence-electron chi connectivity index (χ3n) is 3.68. The Labute approximate surface area is 165 Å². The lowest BCUT2D eigenvalue weighted by atomic mass is 10.2.